The third-order valence-corrected chi connectivity index (χ3v) is 6.59. The summed E-state index contributed by atoms with van der Waals surface area (Å²) in [6, 6.07) is 3.88. The number of carbonyl (C=O) groups is 1. The summed E-state index contributed by atoms with van der Waals surface area (Å²) in [5, 5.41) is 1.46. The van der Waals surface area contributed by atoms with Gasteiger partial charge in [0.05, 0.1) is 27.9 Å². The molecule has 6 heteroatoms. The number of anilines is 1. The van der Waals surface area contributed by atoms with E-state index in [1.54, 1.807) is 0 Å². The molecule has 1 aliphatic heterocycles. The SMILES string of the molecule is Cc1ccc(Cl)c2sc(N(CC3CCCO3)C(=O)C3CCC3)nc12. The van der Waals surface area contributed by atoms with Crippen LogP contribution in [0.2, 0.25) is 5.02 Å². The Morgan fingerprint density at radius 1 is 1.38 bits per heavy atom. The maximum absolute atomic E-state index is 13.0. The summed E-state index contributed by atoms with van der Waals surface area (Å²) < 4.78 is 6.73. The normalized spacial score (nSPS) is 21.2. The molecule has 4 rings (SSSR count). The van der Waals surface area contributed by atoms with E-state index in [0.717, 1.165) is 59.6 Å². The number of thiazole rings is 1. The highest BCUT2D eigenvalue weighted by molar-refractivity contribution is 7.23. The number of fused-ring (bicyclic) bond motifs is 1. The molecule has 1 atom stereocenters. The molecule has 0 spiro atoms. The third-order valence-electron chi connectivity index (χ3n) is 5.05. The monoisotopic (exact) mass is 364 g/mol. The van der Waals surface area contributed by atoms with Gasteiger partial charge in [-0.2, -0.15) is 0 Å². The number of aryl methyl sites for hydroxylation is 1. The third kappa shape index (κ3) is 2.93. The van der Waals surface area contributed by atoms with Crippen LogP contribution in [-0.2, 0) is 9.53 Å². The van der Waals surface area contributed by atoms with Crippen LogP contribution in [-0.4, -0.2) is 30.1 Å². The van der Waals surface area contributed by atoms with Gasteiger partial charge in [0.25, 0.3) is 0 Å². The first-order valence-electron chi connectivity index (χ1n) is 8.62. The Kier molecular flexibility index (Phi) is 4.50. The zero-order valence-electron chi connectivity index (χ0n) is 13.8. The fraction of sp³-hybridized carbons (Fsp3) is 0.556. The zero-order valence-corrected chi connectivity index (χ0v) is 15.3. The molecule has 1 aromatic carbocycles. The molecule has 1 amide bonds. The Balaban J connectivity index is 1.70. The lowest BCUT2D eigenvalue weighted by atomic mass is 9.84. The van der Waals surface area contributed by atoms with Crippen LogP contribution in [0.1, 0.15) is 37.7 Å². The summed E-state index contributed by atoms with van der Waals surface area (Å²) in [6.45, 7) is 3.42. The lowest BCUT2D eigenvalue weighted by Crippen LogP contribution is -2.43. The van der Waals surface area contributed by atoms with E-state index in [1.165, 1.54) is 11.3 Å². The molecular weight excluding hydrogens is 344 g/mol. The standard InChI is InChI=1S/C18H21ClN2O2S/c1-11-7-8-14(19)16-15(11)20-18(24-16)21(10-13-6-3-9-23-13)17(22)12-4-2-5-12/h7-8,12-13H,2-6,9-10H2,1H3. The first kappa shape index (κ1) is 16.3. The number of halogens is 1. The van der Waals surface area contributed by atoms with Crippen molar-refractivity contribution in [1.82, 2.24) is 4.98 Å². The fourth-order valence-corrected chi connectivity index (χ4v) is 4.67. The van der Waals surface area contributed by atoms with E-state index >= 15 is 0 Å². The summed E-state index contributed by atoms with van der Waals surface area (Å²) in [4.78, 5) is 19.6. The molecule has 128 valence electrons. The molecule has 2 fully saturated rings. The number of amides is 1. The highest BCUT2D eigenvalue weighted by Crippen LogP contribution is 2.38. The number of hydrogen-bond donors (Lipinski definition) is 0. The number of ether oxygens (including phenoxy) is 1. The summed E-state index contributed by atoms with van der Waals surface area (Å²) in [5.74, 6) is 0.347. The van der Waals surface area contributed by atoms with Gasteiger partial charge in [-0.1, -0.05) is 35.4 Å². The van der Waals surface area contributed by atoms with E-state index in [1.807, 2.05) is 24.0 Å². The van der Waals surface area contributed by atoms with Crippen LogP contribution in [0.15, 0.2) is 12.1 Å². The van der Waals surface area contributed by atoms with Gasteiger partial charge in [0.2, 0.25) is 5.91 Å². The maximum Gasteiger partial charge on any atom is 0.231 e. The van der Waals surface area contributed by atoms with E-state index in [2.05, 4.69) is 0 Å². The smallest absolute Gasteiger partial charge is 0.231 e. The van der Waals surface area contributed by atoms with Crippen molar-refractivity contribution in [2.45, 2.75) is 45.1 Å². The lowest BCUT2D eigenvalue weighted by molar-refractivity contribution is -0.125. The summed E-state index contributed by atoms with van der Waals surface area (Å²) in [7, 11) is 0. The second kappa shape index (κ2) is 6.62. The Morgan fingerprint density at radius 3 is 2.83 bits per heavy atom. The molecule has 1 aliphatic carbocycles. The van der Waals surface area contributed by atoms with E-state index < -0.39 is 0 Å². The number of nitrogens with zero attached hydrogens (tertiary/aromatic N) is 2. The van der Waals surface area contributed by atoms with Gasteiger partial charge in [0, 0.05) is 12.5 Å². The van der Waals surface area contributed by atoms with Gasteiger partial charge in [0.15, 0.2) is 5.13 Å². The Morgan fingerprint density at radius 2 is 2.21 bits per heavy atom. The predicted molar refractivity (Wildman–Crippen MR) is 98.0 cm³/mol. The predicted octanol–water partition coefficient (Wildman–Crippen LogP) is 4.57. The molecule has 2 aliphatic rings. The Hall–Kier alpha value is -1.17. The van der Waals surface area contributed by atoms with Crippen molar-refractivity contribution in [3.05, 3.63) is 22.7 Å². The van der Waals surface area contributed by atoms with Crippen molar-refractivity contribution in [3.8, 4) is 0 Å². The van der Waals surface area contributed by atoms with Crippen LogP contribution in [0.25, 0.3) is 10.2 Å². The van der Waals surface area contributed by atoms with E-state index in [-0.39, 0.29) is 17.9 Å². The molecule has 1 saturated carbocycles. The average molecular weight is 365 g/mol. The first-order chi connectivity index (χ1) is 11.6. The van der Waals surface area contributed by atoms with Crippen molar-refractivity contribution in [2.24, 2.45) is 5.92 Å². The molecule has 0 N–H and O–H groups in total. The van der Waals surface area contributed by atoms with Crippen LogP contribution in [0.5, 0.6) is 0 Å². The molecular formula is C18H21ClN2O2S. The van der Waals surface area contributed by atoms with Crippen LogP contribution in [0, 0.1) is 12.8 Å². The lowest BCUT2D eigenvalue weighted by Gasteiger charge is -2.31. The maximum atomic E-state index is 13.0. The van der Waals surface area contributed by atoms with E-state index in [4.69, 9.17) is 21.3 Å². The van der Waals surface area contributed by atoms with Crippen molar-refractivity contribution >= 4 is 44.2 Å². The van der Waals surface area contributed by atoms with Crippen molar-refractivity contribution in [1.29, 1.82) is 0 Å². The van der Waals surface area contributed by atoms with Gasteiger partial charge in [0.1, 0.15) is 0 Å². The number of aromatic nitrogens is 1. The van der Waals surface area contributed by atoms with Gasteiger partial charge in [-0.05, 0) is 44.2 Å². The second-order valence-corrected chi connectivity index (χ2v) is 8.13. The Bertz CT molecular complexity index is 727. The Labute approximate surface area is 150 Å². The highest BCUT2D eigenvalue weighted by atomic mass is 35.5. The molecule has 1 unspecified atom stereocenters. The molecule has 4 nitrogen and oxygen atoms in total. The van der Waals surface area contributed by atoms with Crippen LogP contribution >= 0.6 is 22.9 Å². The molecule has 0 radical (unpaired) electrons. The second-order valence-electron chi connectivity index (χ2n) is 6.75. The topological polar surface area (TPSA) is 42.4 Å². The molecule has 2 heterocycles. The van der Waals surface area contributed by atoms with Crippen molar-refractivity contribution < 1.29 is 9.53 Å². The highest BCUT2D eigenvalue weighted by Gasteiger charge is 2.34. The van der Waals surface area contributed by atoms with Gasteiger partial charge < -0.3 is 4.74 Å². The largest absolute Gasteiger partial charge is 0.376 e. The van der Waals surface area contributed by atoms with Crippen LogP contribution < -0.4 is 4.90 Å². The van der Waals surface area contributed by atoms with Gasteiger partial charge in [-0.15, -0.1) is 0 Å². The summed E-state index contributed by atoms with van der Waals surface area (Å²) in [5.41, 5.74) is 1.99. The minimum atomic E-state index is 0.123. The quantitative estimate of drug-likeness (QED) is 0.798. The van der Waals surface area contributed by atoms with Crippen LogP contribution in [0.3, 0.4) is 0 Å². The number of hydrogen-bond acceptors (Lipinski definition) is 4. The average Bonchev–Trinajstić information content (AvgIpc) is 3.16. The molecule has 2 aromatic rings. The number of benzene rings is 1. The number of carbonyl (C=O) groups excluding carboxylic acids is 1. The zero-order chi connectivity index (χ0) is 16.7. The van der Waals surface area contributed by atoms with Crippen LogP contribution in [0.4, 0.5) is 5.13 Å². The minimum absolute atomic E-state index is 0.123. The molecule has 1 aromatic heterocycles. The summed E-state index contributed by atoms with van der Waals surface area (Å²) >= 11 is 7.86. The summed E-state index contributed by atoms with van der Waals surface area (Å²) in [6.07, 6.45) is 5.34. The van der Waals surface area contributed by atoms with E-state index in [9.17, 15) is 4.79 Å². The van der Waals surface area contributed by atoms with Gasteiger partial charge in [-0.25, -0.2) is 4.98 Å². The van der Waals surface area contributed by atoms with Crippen molar-refractivity contribution in [3.63, 3.8) is 0 Å². The first-order valence-corrected chi connectivity index (χ1v) is 9.81. The fourth-order valence-electron chi connectivity index (χ4n) is 3.34. The molecule has 0 bridgehead atoms. The van der Waals surface area contributed by atoms with Gasteiger partial charge >= 0.3 is 0 Å². The van der Waals surface area contributed by atoms with Gasteiger partial charge in [-0.3, -0.25) is 9.69 Å². The van der Waals surface area contributed by atoms with E-state index in [0.29, 0.717) is 11.6 Å². The van der Waals surface area contributed by atoms with Crippen molar-refractivity contribution in [2.75, 3.05) is 18.1 Å². The minimum Gasteiger partial charge on any atom is -0.376 e. The molecule has 1 saturated heterocycles. The molecule has 24 heavy (non-hydrogen) atoms. The number of rotatable bonds is 4.